The summed E-state index contributed by atoms with van der Waals surface area (Å²) in [5.74, 6) is 0.339. The van der Waals surface area contributed by atoms with Gasteiger partial charge in [0, 0.05) is 11.6 Å². The van der Waals surface area contributed by atoms with Crippen molar-refractivity contribution in [1.82, 2.24) is 9.97 Å². The minimum atomic E-state index is -0.730. The van der Waals surface area contributed by atoms with E-state index >= 15 is 0 Å². The molecule has 1 heterocycles. The Hall–Kier alpha value is -1.32. The number of hydrogen-bond donors (Lipinski definition) is 2. The quantitative estimate of drug-likeness (QED) is 0.867. The number of nitrogens with one attached hydrogen (secondary N) is 1. The number of nitrogens with zero attached hydrogens (tertiary/aromatic N) is 1. The number of H-pyrrole nitrogens is 1. The number of aromatic nitrogens is 2. The summed E-state index contributed by atoms with van der Waals surface area (Å²) >= 11 is 0. The van der Waals surface area contributed by atoms with Gasteiger partial charge in [-0.2, -0.15) is 0 Å². The van der Waals surface area contributed by atoms with Gasteiger partial charge in [0.25, 0.3) is 0 Å². The molecular formula is C16H24N2O2. The van der Waals surface area contributed by atoms with Gasteiger partial charge >= 0.3 is 5.97 Å². The van der Waals surface area contributed by atoms with Gasteiger partial charge in [0.15, 0.2) is 0 Å². The first kappa shape index (κ1) is 13.7. The normalized spacial score (nSPS) is 28.9. The lowest BCUT2D eigenvalue weighted by molar-refractivity contribution is -0.139. The Kier molecular flexibility index (Phi) is 3.35. The third-order valence-corrected chi connectivity index (χ3v) is 5.21. The van der Waals surface area contributed by atoms with Crippen molar-refractivity contribution >= 4 is 5.97 Å². The largest absolute Gasteiger partial charge is 0.481 e. The molecule has 2 N–H and O–H groups in total. The average molecular weight is 276 g/mol. The fourth-order valence-electron chi connectivity index (χ4n) is 3.95. The smallest absolute Gasteiger partial charge is 0.312 e. The monoisotopic (exact) mass is 276 g/mol. The van der Waals surface area contributed by atoms with Gasteiger partial charge in [-0.05, 0) is 37.5 Å². The van der Waals surface area contributed by atoms with Crippen molar-refractivity contribution in [3.63, 3.8) is 0 Å². The number of carboxylic acid groups (broad SMARTS) is 1. The van der Waals surface area contributed by atoms with Crippen LogP contribution < -0.4 is 0 Å². The highest BCUT2D eigenvalue weighted by atomic mass is 16.4. The SMILES string of the molecule is CC1(C)CCCCC1c1nc2c([nH]1)CCCC2C(=O)O. The summed E-state index contributed by atoms with van der Waals surface area (Å²) in [5.41, 5.74) is 2.14. The number of aryl methyl sites for hydroxylation is 1. The van der Waals surface area contributed by atoms with Crippen LogP contribution in [0.4, 0.5) is 0 Å². The maximum absolute atomic E-state index is 11.4. The lowest BCUT2D eigenvalue weighted by atomic mass is 9.68. The van der Waals surface area contributed by atoms with Crippen LogP contribution in [0.3, 0.4) is 0 Å². The number of carboxylic acids is 1. The molecule has 1 fully saturated rings. The van der Waals surface area contributed by atoms with E-state index in [9.17, 15) is 9.90 Å². The zero-order valence-electron chi connectivity index (χ0n) is 12.4. The third kappa shape index (κ3) is 2.25. The molecule has 110 valence electrons. The van der Waals surface area contributed by atoms with Gasteiger partial charge in [0.2, 0.25) is 0 Å². The zero-order valence-corrected chi connectivity index (χ0v) is 12.4. The molecule has 1 saturated carbocycles. The fraction of sp³-hybridized carbons (Fsp3) is 0.750. The average Bonchev–Trinajstić information content (AvgIpc) is 2.80. The van der Waals surface area contributed by atoms with Crippen molar-refractivity contribution in [2.24, 2.45) is 5.41 Å². The molecule has 3 rings (SSSR count). The molecule has 1 aromatic heterocycles. The van der Waals surface area contributed by atoms with Crippen LogP contribution in [-0.4, -0.2) is 21.0 Å². The van der Waals surface area contributed by atoms with Gasteiger partial charge in [-0.1, -0.05) is 26.7 Å². The van der Waals surface area contributed by atoms with Gasteiger partial charge in [-0.15, -0.1) is 0 Å². The molecule has 0 radical (unpaired) electrons. The summed E-state index contributed by atoms with van der Waals surface area (Å²) in [6.45, 7) is 4.63. The Morgan fingerprint density at radius 2 is 2.10 bits per heavy atom. The maximum atomic E-state index is 11.4. The molecule has 20 heavy (non-hydrogen) atoms. The Balaban J connectivity index is 1.94. The van der Waals surface area contributed by atoms with E-state index < -0.39 is 11.9 Å². The number of aromatic amines is 1. The summed E-state index contributed by atoms with van der Waals surface area (Å²) in [5, 5.41) is 9.35. The summed E-state index contributed by atoms with van der Waals surface area (Å²) in [4.78, 5) is 19.6. The third-order valence-electron chi connectivity index (χ3n) is 5.21. The van der Waals surface area contributed by atoms with Crippen molar-refractivity contribution < 1.29 is 9.90 Å². The molecule has 2 aliphatic carbocycles. The van der Waals surface area contributed by atoms with Crippen LogP contribution in [0.25, 0.3) is 0 Å². The molecule has 2 aliphatic rings. The summed E-state index contributed by atoms with van der Waals surface area (Å²) < 4.78 is 0. The lowest BCUT2D eigenvalue weighted by Crippen LogP contribution is -2.27. The van der Waals surface area contributed by atoms with Gasteiger partial charge in [-0.25, -0.2) is 4.98 Å². The van der Waals surface area contributed by atoms with E-state index in [1.807, 2.05) is 0 Å². The van der Waals surface area contributed by atoms with Crippen molar-refractivity contribution in [1.29, 1.82) is 0 Å². The predicted molar refractivity (Wildman–Crippen MR) is 76.9 cm³/mol. The summed E-state index contributed by atoms with van der Waals surface area (Å²) in [7, 11) is 0. The molecule has 0 amide bonds. The number of hydrogen-bond acceptors (Lipinski definition) is 2. The van der Waals surface area contributed by atoms with Crippen LogP contribution in [0, 0.1) is 5.41 Å². The molecule has 1 aromatic rings. The van der Waals surface area contributed by atoms with Crippen molar-refractivity contribution in [2.75, 3.05) is 0 Å². The standard InChI is InChI=1S/C16H24N2O2/c1-16(2)9-4-3-7-11(16)14-17-12-8-5-6-10(15(19)20)13(12)18-14/h10-11H,3-9H2,1-2H3,(H,17,18)(H,19,20). The number of imidazole rings is 1. The number of fused-ring (bicyclic) bond motifs is 1. The van der Waals surface area contributed by atoms with Gasteiger partial charge in [0.1, 0.15) is 11.7 Å². The van der Waals surface area contributed by atoms with E-state index in [0.29, 0.717) is 5.92 Å². The van der Waals surface area contributed by atoms with Gasteiger partial charge in [-0.3, -0.25) is 4.79 Å². The molecule has 4 nitrogen and oxygen atoms in total. The Morgan fingerprint density at radius 1 is 1.30 bits per heavy atom. The highest BCUT2D eigenvalue weighted by molar-refractivity contribution is 5.76. The van der Waals surface area contributed by atoms with Crippen LogP contribution in [0.2, 0.25) is 0 Å². The molecule has 0 saturated heterocycles. The van der Waals surface area contributed by atoms with E-state index in [1.165, 1.54) is 19.3 Å². The molecule has 0 bridgehead atoms. The fourth-order valence-corrected chi connectivity index (χ4v) is 3.95. The second-order valence-electron chi connectivity index (χ2n) is 7.06. The molecular weight excluding hydrogens is 252 g/mol. The molecule has 0 spiro atoms. The highest BCUT2D eigenvalue weighted by Gasteiger charge is 2.37. The van der Waals surface area contributed by atoms with Crippen molar-refractivity contribution in [2.45, 2.75) is 70.6 Å². The Bertz CT molecular complexity index is 519. The van der Waals surface area contributed by atoms with Crippen LogP contribution >= 0.6 is 0 Å². The maximum Gasteiger partial charge on any atom is 0.312 e. The second kappa shape index (κ2) is 4.90. The Labute approximate surface area is 120 Å². The zero-order chi connectivity index (χ0) is 14.3. The van der Waals surface area contributed by atoms with Gasteiger partial charge < -0.3 is 10.1 Å². The molecule has 4 heteroatoms. The number of aliphatic carboxylic acids is 1. The topological polar surface area (TPSA) is 66.0 Å². The number of carbonyl (C=O) groups is 1. The van der Waals surface area contributed by atoms with E-state index in [0.717, 1.165) is 42.9 Å². The minimum Gasteiger partial charge on any atom is -0.481 e. The summed E-state index contributed by atoms with van der Waals surface area (Å²) in [6, 6.07) is 0. The first-order chi connectivity index (χ1) is 9.49. The molecule has 0 aliphatic heterocycles. The first-order valence-electron chi connectivity index (χ1n) is 7.80. The summed E-state index contributed by atoms with van der Waals surface area (Å²) in [6.07, 6.45) is 7.55. The predicted octanol–water partition coefficient (Wildman–Crippen LogP) is 3.60. The Morgan fingerprint density at radius 3 is 2.80 bits per heavy atom. The van der Waals surface area contributed by atoms with E-state index in [2.05, 4.69) is 18.8 Å². The van der Waals surface area contributed by atoms with Crippen LogP contribution in [0.5, 0.6) is 0 Å². The first-order valence-corrected chi connectivity index (χ1v) is 7.80. The molecule has 0 aromatic carbocycles. The molecule has 2 atom stereocenters. The highest BCUT2D eigenvalue weighted by Crippen LogP contribution is 2.46. The lowest BCUT2D eigenvalue weighted by Gasteiger charge is -2.37. The van der Waals surface area contributed by atoms with Crippen LogP contribution in [-0.2, 0) is 11.2 Å². The van der Waals surface area contributed by atoms with Crippen molar-refractivity contribution in [3.05, 3.63) is 17.2 Å². The van der Waals surface area contributed by atoms with Crippen molar-refractivity contribution in [3.8, 4) is 0 Å². The minimum absolute atomic E-state index is 0.261. The van der Waals surface area contributed by atoms with Crippen LogP contribution in [0.1, 0.15) is 81.4 Å². The van der Waals surface area contributed by atoms with E-state index in [4.69, 9.17) is 4.98 Å². The second-order valence-corrected chi connectivity index (χ2v) is 7.06. The molecule has 2 unspecified atom stereocenters. The number of rotatable bonds is 2. The van der Waals surface area contributed by atoms with E-state index in [-0.39, 0.29) is 5.41 Å². The van der Waals surface area contributed by atoms with Crippen LogP contribution in [0.15, 0.2) is 0 Å². The van der Waals surface area contributed by atoms with E-state index in [1.54, 1.807) is 0 Å². The van der Waals surface area contributed by atoms with Gasteiger partial charge in [0.05, 0.1) is 5.69 Å².